The summed E-state index contributed by atoms with van der Waals surface area (Å²) in [5.74, 6) is 1.14. The molecule has 4 rings (SSSR count). The number of imidazole rings is 1. The Morgan fingerprint density at radius 3 is 2.31 bits per heavy atom. The van der Waals surface area contributed by atoms with E-state index in [2.05, 4.69) is 31.4 Å². The number of hydrogen-bond donors (Lipinski definition) is 0. The van der Waals surface area contributed by atoms with Crippen LogP contribution in [0, 0.1) is 5.92 Å². The highest BCUT2D eigenvalue weighted by atomic mass is 32.2. The maximum Gasteiger partial charge on any atom is 0.225 e. The second-order valence-corrected chi connectivity index (χ2v) is 11.4. The van der Waals surface area contributed by atoms with Gasteiger partial charge in [-0.1, -0.05) is 32.9 Å². The Morgan fingerprint density at radius 1 is 1.10 bits per heavy atom. The molecule has 0 saturated carbocycles. The van der Waals surface area contributed by atoms with Crippen LogP contribution < -0.4 is 0 Å². The maximum atomic E-state index is 12.9. The quantitative estimate of drug-likeness (QED) is 0.767. The van der Waals surface area contributed by atoms with Crippen molar-refractivity contribution in [3.8, 4) is 0 Å². The van der Waals surface area contributed by atoms with Gasteiger partial charge in [0.2, 0.25) is 15.9 Å². The number of rotatable bonds is 3. The first-order valence-electron chi connectivity index (χ1n) is 10.3. The lowest BCUT2D eigenvalue weighted by atomic mass is 9.92. The largest absolute Gasteiger partial charge is 0.338 e. The molecule has 7 nitrogen and oxygen atoms in total. The second kappa shape index (κ2) is 7.09. The van der Waals surface area contributed by atoms with Crippen LogP contribution in [-0.2, 0) is 20.2 Å². The van der Waals surface area contributed by atoms with Gasteiger partial charge in [0, 0.05) is 37.5 Å². The molecule has 2 aliphatic heterocycles. The topological polar surface area (TPSA) is 75.5 Å². The number of carbonyl (C=O) groups is 1. The number of para-hydroxylation sites is 2. The zero-order chi connectivity index (χ0) is 21.0. The van der Waals surface area contributed by atoms with Crippen LogP contribution in [-0.4, -0.2) is 65.5 Å². The molecule has 1 aromatic heterocycles. The van der Waals surface area contributed by atoms with E-state index in [9.17, 15) is 13.2 Å². The molecule has 8 heteroatoms. The van der Waals surface area contributed by atoms with Crippen molar-refractivity contribution in [3.05, 3.63) is 30.1 Å². The van der Waals surface area contributed by atoms with Crippen molar-refractivity contribution in [2.24, 2.45) is 5.92 Å². The van der Waals surface area contributed by atoms with E-state index in [4.69, 9.17) is 4.98 Å². The third-order valence-corrected chi connectivity index (χ3v) is 7.38. The van der Waals surface area contributed by atoms with Gasteiger partial charge in [-0.25, -0.2) is 17.7 Å². The number of carbonyl (C=O) groups excluding carboxylic acids is 1. The molecule has 2 fully saturated rings. The highest BCUT2D eigenvalue weighted by Gasteiger charge is 2.39. The lowest BCUT2D eigenvalue weighted by Crippen LogP contribution is -2.54. The van der Waals surface area contributed by atoms with E-state index in [1.165, 1.54) is 10.6 Å². The van der Waals surface area contributed by atoms with Gasteiger partial charge in [0.25, 0.3) is 0 Å². The molecule has 158 valence electrons. The van der Waals surface area contributed by atoms with Gasteiger partial charge in [-0.3, -0.25) is 4.79 Å². The third kappa shape index (κ3) is 3.80. The number of nitrogens with zero attached hydrogens (tertiary/aromatic N) is 4. The Bertz CT molecular complexity index is 1020. The predicted molar refractivity (Wildman–Crippen MR) is 113 cm³/mol. The van der Waals surface area contributed by atoms with E-state index in [0.717, 1.165) is 16.9 Å². The van der Waals surface area contributed by atoms with Crippen LogP contribution in [0.15, 0.2) is 24.3 Å². The number of sulfonamides is 1. The first-order valence-corrected chi connectivity index (χ1v) is 12.1. The van der Waals surface area contributed by atoms with E-state index < -0.39 is 10.0 Å². The smallest absolute Gasteiger partial charge is 0.225 e. The molecule has 1 aromatic carbocycles. The summed E-state index contributed by atoms with van der Waals surface area (Å²) >= 11 is 0. The number of amides is 1. The van der Waals surface area contributed by atoms with E-state index in [1.54, 1.807) is 0 Å². The SMILES string of the molecule is CC(C)(C)c1nc2ccccc2n1C1CN(C(=O)C2CCN(S(C)(=O)=O)CC2)C1. The second-order valence-electron chi connectivity index (χ2n) is 9.38. The molecule has 0 radical (unpaired) electrons. The first-order chi connectivity index (χ1) is 13.6. The first kappa shape index (κ1) is 20.3. The Hall–Kier alpha value is -1.93. The highest BCUT2D eigenvalue weighted by molar-refractivity contribution is 7.88. The summed E-state index contributed by atoms with van der Waals surface area (Å²) in [5.41, 5.74) is 2.04. The summed E-state index contributed by atoms with van der Waals surface area (Å²) in [5, 5.41) is 0. The number of fused-ring (bicyclic) bond motifs is 1. The van der Waals surface area contributed by atoms with Gasteiger partial charge in [-0.05, 0) is 25.0 Å². The van der Waals surface area contributed by atoms with Crippen LogP contribution in [0.4, 0.5) is 0 Å². The molecule has 2 aliphatic rings. The van der Waals surface area contributed by atoms with Gasteiger partial charge in [0.15, 0.2) is 0 Å². The van der Waals surface area contributed by atoms with Crippen molar-refractivity contribution in [2.75, 3.05) is 32.4 Å². The molecule has 0 bridgehead atoms. The van der Waals surface area contributed by atoms with Gasteiger partial charge in [-0.2, -0.15) is 0 Å². The maximum absolute atomic E-state index is 12.9. The lowest BCUT2D eigenvalue weighted by Gasteiger charge is -2.44. The molecule has 0 spiro atoms. The van der Waals surface area contributed by atoms with Crippen molar-refractivity contribution in [3.63, 3.8) is 0 Å². The average molecular weight is 419 g/mol. The van der Waals surface area contributed by atoms with Crippen molar-refractivity contribution < 1.29 is 13.2 Å². The van der Waals surface area contributed by atoms with Gasteiger partial charge in [0.1, 0.15) is 5.82 Å². The Balaban J connectivity index is 1.46. The number of likely N-dealkylation sites (tertiary alicyclic amines) is 1. The van der Waals surface area contributed by atoms with E-state index in [0.29, 0.717) is 39.0 Å². The summed E-state index contributed by atoms with van der Waals surface area (Å²) < 4.78 is 27.1. The fourth-order valence-electron chi connectivity index (χ4n) is 4.43. The minimum Gasteiger partial charge on any atom is -0.338 e. The van der Waals surface area contributed by atoms with E-state index >= 15 is 0 Å². The lowest BCUT2D eigenvalue weighted by molar-refractivity contribution is -0.142. The molecule has 3 heterocycles. The number of hydrogen-bond acceptors (Lipinski definition) is 4. The van der Waals surface area contributed by atoms with Crippen molar-refractivity contribution in [2.45, 2.75) is 45.1 Å². The van der Waals surface area contributed by atoms with Gasteiger partial charge in [0.05, 0.1) is 23.3 Å². The molecular formula is C21H30N4O3S. The van der Waals surface area contributed by atoms with Gasteiger partial charge >= 0.3 is 0 Å². The van der Waals surface area contributed by atoms with Crippen LogP contribution in [0.5, 0.6) is 0 Å². The van der Waals surface area contributed by atoms with Crippen molar-refractivity contribution >= 4 is 27.0 Å². The zero-order valence-corrected chi connectivity index (χ0v) is 18.4. The summed E-state index contributed by atoms with van der Waals surface area (Å²) in [7, 11) is -3.17. The predicted octanol–water partition coefficient (Wildman–Crippen LogP) is 2.39. The summed E-state index contributed by atoms with van der Waals surface area (Å²) in [6.07, 6.45) is 2.44. The number of benzene rings is 1. The number of aromatic nitrogens is 2. The molecule has 1 amide bonds. The summed E-state index contributed by atoms with van der Waals surface area (Å²) in [6, 6.07) is 8.41. The monoisotopic (exact) mass is 418 g/mol. The zero-order valence-electron chi connectivity index (χ0n) is 17.6. The average Bonchev–Trinajstić information content (AvgIpc) is 3.00. The molecule has 2 saturated heterocycles. The van der Waals surface area contributed by atoms with Crippen LogP contribution >= 0.6 is 0 Å². The summed E-state index contributed by atoms with van der Waals surface area (Å²) in [6.45, 7) is 8.76. The Morgan fingerprint density at radius 2 is 1.72 bits per heavy atom. The molecule has 2 aromatic rings. The fraction of sp³-hybridized carbons (Fsp3) is 0.619. The molecule has 0 aliphatic carbocycles. The minimum atomic E-state index is -3.17. The molecule has 0 atom stereocenters. The van der Waals surface area contributed by atoms with Crippen molar-refractivity contribution in [1.82, 2.24) is 18.8 Å². The fourth-order valence-corrected chi connectivity index (χ4v) is 5.31. The van der Waals surface area contributed by atoms with E-state index in [-0.39, 0.29) is 23.3 Å². The molecule has 29 heavy (non-hydrogen) atoms. The Kier molecular flexibility index (Phi) is 4.98. The normalized spacial score (nSPS) is 20.2. The van der Waals surface area contributed by atoms with Crippen LogP contribution in [0.1, 0.15) is 45.5 Å². The highest BCUT2D eigenvalue weighted by Crippen LogP contribution is 2.34. The number of piperidine rings is 1. The minimum absolute atomic E-state index is 0.0735. The van der Waals surface area contributed by atoms with Crippen LogP contribution in [0.25, 0.3) is 11.0 Å². The molecular weight excluding hydrogens is 388 g/mol. The van der Waals surface area contributed by atoms with Crippen LogP contribution in [0.3, 0.4) is 0 Å². The Labute approximate surface area is 172 Å². The standard InChI is InChI=1S/C21H30N4O3S/c1-21(2,3)20-22-17-7-5-6-8-18(17)25(20)16-13-23(14-16)19(26)15-9-11-24(12-10-15)29(4,27)28/h5-8,15-16H,9-14H2,1-4H3. The van der Waals surface area contributed by atoms with Crippen LogP contribution in [0.2, 0.25) is 0 Å². The van der Waals surface area contributed by atoms with Gasteiger partial charge < -0.3 is 9.47 Å². The molecule has 0 N–H and O–H groups in total. The molecule has 0 unspecified atom stereocenters. The van der Waals surface area contributed by atoms with Crippen molar-refractivity contribution in [1.29, 1.82) is 0 Å². The van der Waals surface area contributed by atoms with E-state index in [1.807, 2.05) is 23.1 Å². The van der Waals surface area contributed by atoms with Gasteiger partial charge in [-0.15, -0.1) is 0 Å². The third-order valence-electron chi connectivity index (χ3n) is 6.08. The summed E-state index contributed by atoms with van der Waals surface area (Å²) in [4.78, 5) is 19.7.